The van der Waals surface area contributed by atoms with E-state index in [-0.39, 0.29) is 11.7 Å². The molecule has 0 aliphatic carbocycles. The monoisotopic (exact) mass is 371 g/mol. The normalized spacial score (nSPS) is 12.0. The lowest BCUT2D eigenvalue weighted by molar-refractivity contribution is -0.120. The zero-order valence-electron chi connectivity index (χ0n) is 14.4. The third kappa shape index (κ3) is 4.70. The predicted octanol–water partition coefficient (Wildman–Crippen LogP) is 3.98. The van der Waals surface area contributed by atoms with Crippen LogP contribution in [0.15, 0.2) is 58.2 Å². The topological polar surface area (TPSA) is 68.0 Å². The maximum atomic E-state index is 12.9. The molecule has 3 aromatic rings. The molecule has 0 aliphatic rings. The Kier molecular flexibility index (Phi) is 5.68. The number of rotatable bonds is 6. The van der Waals surface area contributed by atoms with Gasteiger partial charge in [0.25, 0.3) is 5.22 Å². The van der Waals surface area contributed by atoms with E-state index in [1.54, 1.807) is 19.1 Å². The van der Waals surface area contributed by atoms with Crippen LogP contribution in [0.4, 0.5) is 4.39 Å². The molecule has 0 saturated heterocycles. The number of aryl methyl sites for hydroxylation is 1. The van der Waals surface area contributed by atoms with Crippen LogP contribution in [0.25, 0.3) is 11.5 Å². The highest BCUT2D eigenvalue weighted by molar-refractivity contribution is 8.00. The van der Waals surface area contributed by atoms with Crippen molar-refractivity contribution in [3.63, 3.8) is 0 Å². The number of benzene rings is 2. The summed E-state index contributed by atoms with van der Waals surface area (Å²) in [7, 11) is 0. The zero-order chi connectivity index (χ0) is 18.5. The van der Waals surface area contributed by atoms with E-state index in [4.69, 9.17) is 4.42 Å². The Morgan fingerprint density at radius 1 is 1.15 bits per heavy atom. The molecule has 26 heavy (non-hydrogen) atoms. The second-order valence-electron chi connectivity index (χ2n) is 5.84. The summed E-state index contributed by atoms with van der Waals surface area (Å²) in [6.07, 6.45) is 0. The van der Waals surface area contributed by atoms with Gasteiger partial charge < -0.3 is 9.73 Å². The smallest absolute Gasteiger partial charge is 0.277 e. The van der Waals surface area contributed by atoms with Crippen LogP contribution in [0.2, 0.25) is 0 Å². The van der Waals surface area contributed by atoms with Gasteiger partial charge in [-0.05, 0) is 43.7 Å². The molecular weight excluding hydrogens is 353 g/mol. The summed E-state index contributed by atoms with van der Waals surface area (Å²) in [4.78, 5) is 12.2. The van der Waals surface area contributed by atoms with Crippen molar-refractivity contribution in [2.45, 2.75) is 30.9 Å². The van der Waals surface area contributed by atoms with E-state index >= 15 is 0 Å². The molecule has 1 N–H and O–H groups in total. The molecule has 0 saturated carbocycles. The van der Waals surface area contributed by atoms with Gasteiger partial charge in [0.05, 0.1) is 5.25 Å². The molecule has 1 amide bonds. The SMILES string of the molecule is Cc1ccc(-c2nnc(S[C@H](C)C(=O)NCc3ccc(F)cc3)o2)cc1. The van der Waals surface area contributed by atoms with Crippen molar-refractivity contribution in [3.8, 4) is 11.5 Å². The van der Waals surface area contributed by atoms with Crippen molar-refractivity contribution in [1.82, 2.24) is 15.5 Å². The fourth-order valence-electron chi connectivity index (χ4n) is 2.21. The number of aromatic nitrogens is 2. The van der Waals surface area contributed by atoms with Crippen LogP contribution in [-0.2, 0) is 11.3 Å². The van der Waals surface area contributed by atoms with Crippen molar-refractivity contribution in [2.24, 2.45) is 0 Å². The third-order valence-corrected chi connectivity index (χ3v) is 4.67. The molecule has 7 heteroatoms. The number of amides is 1. The van der Waals surface area contributed by atoms with E-state index < -0.39 is 5.25 Å². The first kappa shape index (κ1) is 18.1. The third-order valence-electron chi connectivity index (χ3n) is 3.73. The summed E-state index contributed by atoms with van der Waals surface area (Å²) in [6.45, 7) is 4.11. The molecule has 0 radical (unpaired) electrons. The van der Waals surface area contributed by atoms with E-state index in [1.165, 1.54) is 23.9 Å². The van der Waals surface area contributed by atoms with Gasteiger partial charge in [-0.1, -0.05) is 41.6 Å². The number of nitrogens with zero attached hydrogens (tertiary/aromatic N) is 2. The molecule has 5 nitrogen and oxygen atoms in total. The standard InChI is InChI=1S/C19H18FN3O2S/c1-12-3-7-15(8-4-12)18-22-23-19(25-18)26-13(2)17(24)21-11-14-5-9-16(20)10-6-14/h3-10,13H,11H2,1-2H3,(H,21,24)/t13-/m1/s1. The van der Waals surface area contributed by atoms with E-state index in [0.717, 1.165) is 16.7 Å². The molecule has 1 aromatic heterocycles. The molecular formula is C19H18FN3O2S. The summed E-state index contributed by atoms with van der Waals surface area (Å²) < 4.78 is 18.5. The average molecular weight is 371 g/mol. The summed E-state index contributed by atoms with van der Waals surface area (Å²) in [6, 6.07) is 13.8. The van der Waals surface area contributed by atoms with Crippen molar-refractivity contribution < 1.29 is 13.6 Å². The largest absolute Gasteiger partial charge is 0.411 e. The summed E-state index contributed by atoms with van der Waals surface area (Å²) >= 11 is 1.20. The van der Waals surface area contributed by atoms with E-state index in [2.05, 4.69) is 15.5 Å². The van der Waals surface area contributed by atoms with Crippen molar-refractivity contribution in [2.75, 3.05) is 0 Å². The van der Waals surface area contributed by atoms with Gasteiger partial charge in [0.1, 0.15) is 5.82 Å². The molecule has 3 rings (SSSR count). The van der Waals surface area contributed by atoms with Crippen molar-refractivity contribution in [1.29, 1.82) is 0 Å². The fraction of sp³-hybridized carbons (Fsp3) is 0.211. The molecule has 0 fully saturated rings. The van der Waals surface area contributed by atoms with Crippen LogP contribution in [0.5, 0.6) is 0 Å². The summed E-state index contributed by atoms with van der Waals surface area (Å²) in [5.41, 5.74) is 2.81. The van der Waals surface area contributed by atoms with Gasteiger partial charge in [0.15, 0.2) is 0 Å². The minimum atomic E-state index is -0.401. The number of thioether (sulfide) groups is 1. The van der Waals surface area contributed by atoms with Crippen LogP contribution in [-0.4, -0.2) is 21.4 Å². The Bertz CT molecular complexity index is 879. The lowest BCUT2D eigenvalue weighted by Crippen LogP contribution is -2.30. The molecule has 0 bridgehead atoms. The average Bonchev–Trinajstić information content (AvgIpc) is 3.10. The summed E-state index contributed by atoms with van der Waals surface area (Å²) in [5.74, 6) is -0.0365. The number of carbonyl (C=O) groups is 1. The number of carbonyl (C=O) groups excluding carboxylic acids is 1. The Morgan fingerprint density at radius 2 is 1.85 bits per heavy atom. The maximum Gasteiger partial charge on any atom is 0.277 e. The van der Waals surface area contributed by atoms with Gasteiger partial charge in [0.2, 0.25) is 11.8 Å². The second kappa shape index (κ2) is 8.14. The molecule has 1 heterocycles. The highest BCUT2D eigenvalue weighted by atomic mass is 32.2. The molecule has 0 spiro atoms. The van der Waals surface area contributed by atoms with Gasteiger partial charge in [-0.2, -0.15) is 0 Å². The molecule has 0 aliphatic heterocycles. The van der Waals surface area contributed by atoms with Crippen LogP contribution in [0.3, 0.4) is 0 Å². The van der Waals surface area contributed by atoms with Gasteiger partial charge in [-0.25, -0.2) is 4.39 Å². The Hall–Kier alpha value is -2.67. The first-order valence-corrected chi connectivity index (χ1v) is 8.98. The van der Waals surface area contributed by atoms with Gasteiger partial charge >= 0.3 is 0 Å². The van der Waals surface area contributed by atoms with Gasteiger partial charge in [0, 0.05) is 12.1 Å². The lowest BCUT2D eigenvalue weighted by Gasteiger charge is -2.09. The first-order valence-electron chi connectivity index (χ1n) is 8.10. The Labute approximate surface area is 155 Å². The number of hydrogen-bond donors (Lipinski definition) is 1. The fourth-order valence-corrected chi connectivity index (χ4v) is 2.92. The van der Waals surface area contributed by atoms with Crippen LogP contribution in [0, 0.1) is 12.7 Å². The predicted molar refractivity (Wildman–Crippen MR) is 98.0 cm³/mol. The van der Waals surface area contributed by atoms with E-state index in [0.29, 0.717) is 17.7 Å². The molecule has 1 atom stereocenters. The van der Waals surface area contributed by atoms with E-state index in [1.807, 2.05) is 31.2 Å². The highest BCUT2D eigenvalue weighted by Crippen LogP contribution is 2.26. The zero-order valence-corrected chi connectivity index (χ0v) is 15.2. The summed E-state index contributed by atoms with van der Waals surface area (Å²) in [5, 5.41) is 10.8. The highest BCUT2D eigenvalue weighted by Gasteiger charge is 2.18. The van der Waals surface area contributed by atoms with Crippen LogP contribution in [0.1, 0.15) is 18.1 Å². The number of nitrogens with one attached hydrogen (secondary N) is 1. The van der Waals surface area contributed by atoms with Crippen LogP contribution >= 0.6 is 11.8 Å². The van der Waals surface area contributed by atoms with Crippen molar-refractivity contribution in [3.05, 3.63) is 65.5 Å². The van der Waals surface area contributed by atoms with Gasteiger partial charge in [-0.15, -0.1) is 10.2 Å². The Morgan fingerprint density at radius 3 is 2.54 bits per heavy atom. The van der Waals surface area contributed by atoms with Crippen molar-refractivity contribution >= 4 is 17.7 Å². The van der Waals surface area contributed by atoms with Crippen LogP contribution < -0.4 is 5.32 Å². The van der Waals surface area contributed by atoms with E-state index in [9.17, 15) is 9.18 Å². The quantitative estimate of drug-likeness (QED) is 0.664. The Balaban J connectivity index is 1.55. The molecule has 134 valence electrons. The number of hydrogen-bond acceptors (Lipinski definition) is 5. The minimum Gasteiger partial charge on any atom is -0.411 e. The molecule has 0 unspecified atom stereocenters. The van der Waals surface area contributed by atoms with Gasteiger partial charge in [-0.3, -0.25) is 4.79 Å². The number of halogens is 1. The second-order valence-corrected chi connectivity index (χ2v) is 7.14. The lowest BCUT2D eigenvalue weighted by atomic mass is 10.1. The first-order chi connectivity index (χ1) is 12.5. The molecule has 2 aromatic carbocycles. The maximum absolute atomic E-state index is 12.9. The minimum absolute atomic E-state index is 0.158.